The van der Waals surface area contributed by atoms with E-state index in [0.717, 1.165) is 42.8 Å². The van der Waals surface area contributed by atoms with Crippen molar-refractivity contribution in [2.24, 2.45) is 0 Å². The molecule has 0 bridgehead atoms. The normalized spacial score (nSPS) is 21.2. The van der Waals surface area contributed by atoms with Gasteiger partial charge in [-0.15, -0.1) is 5.43 Å². The second-order valence-corrected chi connectivity index (χ2v) is 7.21. The van der Waals surface area contributed by atoms with E-state index in [1.165, 1.54) is 0 Å². The van der Waals surface area contributed by atoms with Crippen molar-refractivity contribution >= 4 is 28.8 Å². The number of aromatic nitrogens is 1. The molecule has 1 saturated heterocycles. The predicted molar refractivity (Wildman–Crippen MR) is 102 cm³/mol. The molecular weight excluding hydrogens is 348 g/mol. The van der Waals surface area contributed by atoms with E-state index in [4.69, 9.17) is 11.6 Å². The van der Waals surface area contributed by atoms with Crippen LogP contribution < -0.4 is 5.43 Å². The van der Waals surface area contributed by atoms with Gasteiger partial charge in [0.25, 0.3) is 5.91 Å². The molecule has 3 heterocycles. The van der Waals surface area contributed by atoms with Gasteiger partial charge in [-0.1, -0.05) is 23.7 Å². The minimum absolute atomic E-state index is 0.186. The third kappa shape index (κ3) is 3.20. The van der Waals surface area contributed by atoms with E-state index >= 15 is 0 Å². The van der Waals surface area contributed by atoms with E-state index in [-0.39, 0.29) is 11.9 Å². The number of likely N-dealkylation sites (tertiary alicyclic amines) is 1. The largest absolute Gasteiger partial charge is 0.304 e. The van der Waals surface area contributed by atoms with Gasteiger partial charge in [-0.25, -0.2) is 0 Å². The van der Waals surface area contributed by atoms with Crippen LogP contribution in [0.2, 0.25) is 5.02 Å². The van der Waals surface area contributed by atoms with Crippen molar-refractivity contribution < 1.29 is 4.79 Å². The van der Waals surface area contributed by atoms with Gasteiger partial charge in [-0.2, -0.15) is 0 Å². The lowest BCUT2D eigenvalue weighted by Crippen LogP contribution is -2.47. The number of nitrogens with zero attached hydrogens (tertiary/aromatic N) is 4. The summed E-state index contributed by atoms with van der Waals surface area (Å²) in [6, 6.07) is 11.4. The first-order valence-corrected chi connectivity index (χ1v) is 9.15. The number of amides is 1. The van der Waals surface area contributed by atoms with Crippen LogP contribution in [0.15, 0.2) is 48.8 Å². The highest BCUT2D eigenvalue weighted by Gasteiger charge is 2.38. The van der Waals surface area contributed by atoms with Gasteiger partial charge in [-0.05, 0) is 56.3 Å². The Morgan fingerprint density at radius 3 is 2.50 bits per heavy atom. The van der Waals surface area contributed by atoms with Crippen molar-refractivity contribution in [2.45, 2.75) is 18.9 Å². The zero-order valence-corrected chi connectivity index (χ0v) is 15.4. The topological polar surface area (TPSA) is 50.5 Å². The molecule has 4 rings (SSSR count). The molecule has 1 aromatic carbocycles. The molecule has 1 unspecified atom stereocenters. The summed E-state index contributed by atoms with van der Waals surface area (Å²) in [5.74, 6) is -0.202. The smallest absolute Gasteiger partial charge is 0.296 e. The van der Waals surface area contributed by atoms with Crippen LogP contribution in [0.5, 0.6) is 0 Å². The number of pyridine rings is 1. The van der Waals surface area contributed by atoms with Gasteiger partial charge in [0.1, 0.15) is 0 Å². The van der Waals surface area contributed by atoms with E-state index in [0.29, 0.717) is 10.6 Å². The third-order valence-corrected chi connectivity index (χ3v) is 5.16. The van der Waals surface area contributed by atoms with Crippen LogP contribution in [0.3, 0.4) is 0 Å². The van der Waals surface area contributed by atoms with Crippen molar-refractivity contribution in [3.63, 3.8) is 0 Å². The monoisotopic (exact) mass is 367 g/mol. The van der Waals surface area contributed by atoms with E-state index in [1.807, 2.05) is 29.3 Å². The Kier molecular flexibility index (Phi) is 4.66. The summed E-state index contributed by atoms with van der Waals surface area (Å²) in [5, 5.41) is 2.57. The average molecular weight is 368 g/mol. The number of hydrogen-bond donors (Lipinski definition) is 0. The summed E-state index contributed by atoms with van der Waals surface area (Å²) < 4.78 is 0. The van der Waals surface area contributed by atoms with Crippen LogP contribution in [0.25, 0.3) is 11.3 Å². The fraction of sp³-hybridized carbons (Fsp3) is 0.300. The number of likely N-dealkylation sites (N-methyl/N-ethyl adjacent to an activating group) is 1. The number of carbonyl (C=O) groups excluding carboxylic acids is 1. The zero-order valence-electron chi connectivity index (χ0n) is 14.6. The van der Waals surface area contributed by atoms with E-state index in [2.05, 4.69) is 22.4 Å². The average Bonchev–Trinajstić information content (AvgIpc) is 3.00. The first kappa shape index (κ1) is 17.1. The molecule has 0 spiro atoms. The molecule has 1 radical (unpaired) electrons. The van der Waals surface area contributed by atoms with Crippen molar-refractivity contribution in [3.05, 3.63) is 64.9 Å². The number of benzene rings is 1. The summed E-state index contributed by atoms with van der Waals surface area (Å²) in [7, 11) is 2.11. The molecule has 1 amide bonds. The van der Waals surface area contributed by atoms with Crippen LogP contribution in [0, 0.1) is 0 Å². The van der Waals surface area contributed by atoms with Gasteiger partial charge >= 0.3 is 0 Å². The SMILES string of the molecule is CN1CCCC(N2[N]C(=O)C(c3ccc(Cl)cc3)=C2c2ccncc2)C1. The van der Waals surface area contributed by atoms with Gasteiger partial charge in [0.2, 0.25) is 0 Å². The number of hydrogen-bond acceptors (Lipinski definition) is 4. The van der Waals surface area contributed by atoms with Gasteiger partial charge in [0, 0.05) is 29.5 Å². The van der Waals surface area contributed by atoms with Crippen LogP contribution in [0.1, 0.15) is 24.0 Å². The van der Waals surface area contributed by atoms with Crippen molar-refractivity contribution in [1.29, 1.82) is 0 Å². The lowest BCUT2D eigenvalue weighted by Gasteiger charge is -2.36. The molecule has 5 nitrogen and oxygen atoms in total. The van der Waals surface area contributed by atoms with Crippen molar-refractivity contribution in [1.82, 2.24) is 20.3 Å². The Hall–Kier alpha value is -2.37. The maximum atomic E-state index is 12.8. The predicted octanol–water partition coefficient (Wildman–Crippen LogP) is 3.06. The van der Waals surface area contributed by atoms with Crippen LogP contribution in [-0.2, 0) is 4.79 Å². The molecule has 0 N–H and O–H groups in total. The van der Waals surface area contributed by atoms with Gasteiger partial charge in [-0.3, -0.25) is 14.8 Å². The molecule has 2 aliphatic rings. The molecule has 1 aromatic heterocycles. The lowest BCUT2D eigenvalue weighted by molar-refractivity contribution is -0.119. The van der Waals surface area contributed by atoms with Gasteiger partial charge in [0.05, 0.1) is 17.3 Å². The molecular formula is C20H20ClN4O. The van der Waals surface area contributed by atoms with Crippen LogP contribution in [0.4, 0.5) is 0 Å². The standard InChI is InChI=1S/C20H20ClN4O/c1-24-12-2-3-17(13-24)25-19(15-8-10-22-11-9-15)18(20(26)23-25)14-4-6-16(21)7-5-14/h4-11,17H,2-3,12-13H2,1H3. The maximum Gasteiger partial charge on any atom is 0.296 e. The molecule has 0 saturated carbocycles. The second kappa shape index (κ2) is 7.09. The Morgan fingerprint density at radius 1 is 1.08 bits per heavy atom. The first-order chi connectivity index (χ1) is 12.6. The highest BCUT2D eigenvalue weighted by atomic mass is 35.5. The molecule has 2 aromatic rings. The number of halogens is 1. The fourth-order valence-corrected chi connectivity index (χ4v) is 3.81. The number of piperidine rings is 1. The number of rotatable bonds is 3. The highest BCUT2D eigenvalue weighted by Crippen LogP contribution is 2.37. The minimum atomic E-state index is -0.202. The molecule has 2 aliphatic heterocycles. The van der Waals surface area contributed by atoms with Crippen molar-refractivity contribution in [3.8, 4) is 0 Å². The van der Waals surface area contributed by atoms with E-state index in [9.17, 15) is 4.79 Å². The Balaban J connectivity index is 1.83. The molecule has 6 heteroatoms. The second-order valence-electron chi connectivity index (χ2n) is 6.77. The number of carbonyl (C=O) groups is 1. The lowest BCUT2D eigenvalue weighted by atomic mass is 9.98. The van der Waals surface area contributed by atoms with Crippen molar-refractivity contribution in [2.75, 3.05) is 20.1 Å². The minimum Gasteiger partial charge on any atom is -0.304 e. The molecule has 1 fully saturated rings. The third-order valence-electron chi connectivity index (χ3n) is 4.91. The summed E-state index contributed by atoms with van der Waals surface area (Å²) in [5.41, 5.74) is 7.70. The van der Waals surface area contributed by atoms with E-state index in [1.54, 1.807) is 24.5 Å². The van der Waals surface area contributed by atoms with Gasteiger partial charge < -0.3 is 4.90 Å². The summed E-state index contributed by atoms with van der Waals surface area (Å²) >= 11 is 6.03. The van der Waals surface area contributed by atoms with Crippen LogP contribution in [-0.4, -0.2) is 47.0 Å². The molecule has 26 heavy (non-hydrogen) atoms. The first-order valence-electron chi connectivity index (χ1n) is 8.78. The fourth-order valence-electron chi connectivity index (χ4n) is 3.68. The summed E-state index contributed by atoms with van der Waals surface area (Å²) in [6.45, 7) is 1.97. The van der Waals surface area contributed by atoms with E-state index < -0.39 is 0 Å². The van der Waals surface area contributed by atoms with Gasteiger partial charge in [0.15, 0.2) is 0 Å². The molecule has 0 aliphatic carbocycles. The maximum absolute atomic E-state index is 12.8. The molecule has 133 valence electrons. The zero-order chi connectivity index (χ0) is 18.1. The summed E-state index contributed by atoms with van der Waals surface area (Å²) in [6.07, 6.45) is 5.61. The Bertz CT molecular complexity index is 835. The molecule has 1 atom stereocenters. The van der Waals surface area contributed by atoms with Crippen LogP contribution >= 0.6 is 11.6 Å². The quantitative estimate of drug-likeness (QED) is 0.836. The Morgan fingerprint density at radius 2 is 1.81 bits per heavy atom. The summed E-state index contributed by atoms with van der Waals surface area (Å²) in [4.78, 5) is 19.3. The highest BCUT2D eigenvalue weighted by molar-refractivity contribution is 6.31. The Labute approximate surface area is 158 Å².